The number of rotatable bonds is 7. The maximum absolute atomic E-state index is 13.6. The van der Waals surface area contributed by atoms with Crippen molar-refractivity contribution in [3.63, 3.8) is 0 Å². The first-order valence-corrected chi connectivity index (χ1v) is 11.4. The molecule has 5 heteroatoms. The van der Waals surface area contributed by atoms with E-state index in [2.05, 4.69) is 54.4 Å². The molecule has 2 saturated heterocycles. The lowest BCUT2D eigenvalue weighted by molar-refractivity contribution is -0.134. The Morgan fingerprint density at radius 3 is 2.19 bits per heavy atom. The molecule has 3 amide bonds. The van der Waals surface area contributed by atoms with Crippen LogP contribution in [0.4, 0.5) is 4.79 Å². The molecule has 1 N–H and O–H groups in total. The third-order valence-corrected chi connectivity index (χ3v) is 6.57. The van der Waals surface area contributed by atoms with E-state index >= 15 is 0 Å². The van der Waals surface area contributed by atoms with Crippen LogP contribution < -0.4 is 5.32 Å². The van der Waals surface area contributed by atoms with Crippen LogP contribution in [0.5, 0.6) is 0 Å². The third kappa shape index (κ3) is 4.67. The second-order valence-corrected chi connectivity index (χ2v) is 9.43. The quantitative estimate of drug-likeness (QED) is 0.677. The molecule has 2 fully saturated rings. The van der Waals surface area contributed by atoms with Crippen molar-refractivity contribution in [2.45, 2.75) is 45.1 Å². The van der Waals surface area contributed by atoms with Gasteiger partial charge in [0.1, 0.15) is 5.54 Å². The second kappa shape index (κ2) is 9.23. The Balaban J connectivity index is 1.41. The molecule has 2 aromatic rings. The van der Waals surface area contributed by atoms with E-state index in [1.807, 2.05) is 30.3 Å². The molecule has 0 radical (unpaired) electrons. The number of nitrogens with zero attached hydrogens (tertiary/aromatic N) is 2. The Bertz CT molecular complexity index is 891. The number of nitrogens with one attached hydrogen (secondary N) is 1. The molecule has 0 aromatic heterocycles. The number of benzene rings is 2. The van der Waals surface area contributed by atoms with Crippen molar-refractivity contribution in [1.82, 2.24) is 15.1 Å². The molecule has 31 heavy (non-hydrogen) atoms. The van der Waals surface area contributed by atoms with Crippen molar-refractivity contribution in [2.24, 2.45) is 11.8 Å². The van der Waals surface area contributed by atoms with Crippen LogP contribution in [0, 0.1) is 11.8 Å². The van der Waals surface area contributed by atoms with Crippen LogP contribution in [-0.2, 0) is 16.8 Å². The fourth-order valence-corrected chi connectivity index (χ4v) is 5.02. The molecular formula is C26H33N3O2. The molecule has 2 aliphatic rings. The van der Waals surface area contributed by atoms with Crippen LogP contribution in [-0.4, -0.2) is 41.5 Å². The minimum absolute atomic E-state index is 0.121. The van der Waals surface area contributed by atoms with Gasteiger partial charge < -0.3 is 5.32 Å². The number of amides is 3. The number of hydrogen-bond donors (Lipinski definition) is 1. The van der Waals surface area contributed by atoms with Crippen LogP contribution in [0.15, 0.2) is 60.7 Å². The summed E-state index contributed by atoms with van der Waals surface area (Å²) in [5.41, 5.74) is 1.29. The van der Waals surface area contributed by atoms with Gasteiger partial charge in [-0.15, -0.1) is 0 Å². The SMILES string of the molecule is CC(C)C[C@@]1(c2ccccc2)NC(=O)N(CN2CCC(Cc3ccccc3)CC2)C1=O. The monoisotopic (exact) mass is 419 g/mol. The molecule has 5 nitrogen and oxygen atoms in total. The van der Waals surface area contributed by atoms with E-state index in [4.69, 9.17) is 0 Å². The van der Waals surface area contributed by atoms with E-state index in [-0.39, 0.29) is 17.9 Å². The predicted octanol–water partition coefficient (Wildman–Crippen LogP) is 4.39. The van der Waals surface area contributed by atoms with Crippen molar-refractivity contribution < 1.29 is 9.59 Å². The minimum atomic E-state index is -0.960. The standard InChI is InChI=1S/C26H33N3O2/c1-20(2)18-26(23-11-7-4-8-12-23)24(30)29(25(31)27-26)19-28-15-13-22(14-16-28)17-21-9-5-3-6-10-21/h3-12,20,22H,13-19H2,1-2H3,(H,27,31)/t26-/m0/s1. The largest absolute Gasteiger partial charge is 0.326 e. The number of carbonyl (C=O) groups is 2. The van der Waals surface area contributed by atoms with E-state index in [0.29, 0.717) is 19.0 Å². The van der Waals surface area contributed by atoms with Crippen molar-refractivity contribution in [1.29, 1.82) is 0 Å². The highest BCUT2D eigenvalue weighted by atomic mass is 16.2. The van der Waals surface area contributed by atoms with Crippen LogP contribution in [0.1, 0.15) is 44.2 Å². The van der Waals surface area contributed by atoms with Crippen LogP contribution in [0.2, 0.25) is 0 Å². The number of piperidine rings is 1. The number of likely N-dealkylation sites (tertiary alicyclic amines) is 1. The first-order valence-electron chi connectivity index (χ1n) is 11.4. The third-order valence-electron chi connectivity index (χ3n) is 6.57. The molecule has 1 atom stereocenters. The van der Waals surface area contributed by atoms with Gasteiger partial charge in [-0.05, 0) is 48.6 Å². The summed E-state index contributed by atoms with van der Waals surface area (Å²) in [5, 5.41) is 3.06. The maximum Gasteiger partial charge on any atom is 0.326 e. The first-order chi connectivity index (χ1) is 15.0. The molecule has 0 aliphatic carbocycles. The van der Waals surface area contributed by atoms with Gasteiger partial charge in [0.05, 0.1) is 6.67 Å². The van der Waals surface area contributed by atoms with Gasteiger partial charge in [0.25, 0.3) is 5.91 Å². The zero-order valence-electron chi connectivity index (χ0n) is 18.6. The maximum atomic E-state index is 13.6. The summed E-state index contributed by atoms with van der Waals surface area (Å²) in [4.78, 5) is 30.1. The van der Waals surface area contributed by atoms with Gasteiger partial charge in [-0.2, -0.15) is 0 Å². The van der Waals surface area contributed by atoms with Gasteiger partial charge in [0.2, 0.25) is 0 Å². The number of imide groups is 1. The molecule has 2 aromatic carbocycles. The van der Waals surface area contributed by atoms with Gasteiger partial charge in [-0.3, -0.25) is 9.69 Å². The van der Waals surface area contributed by atoms with E-state index in [0.717, 1.165) is 37.9 Å². The normalized spacial score (nSPS) is 22.9. The van der Waals surface area contributed by atoms with Gasteiger partial charge in [0, 0.05) is 13.1 Å². The summed E-state index contributed by atoms with van der Waals surface area (Å²) < 4.78 is 0. The molecular weight excluding hydrogens is 386 g/mol. The fraction of sp³-hybridized carbons (Fsp3) is 0.462. The van der Waals surface area contributed by atoms with Crippen molar-refractivity contribution in [3.8, 4) is 0 Å². The summed E-state index contributed by atoms with van der Waals surface area (Å²) >= 11 is 0. The van der Waals surface area contributed by atoms with E-state index in [9.17, 15) is 9.59 Å². The first kappa shape index (κ1) is 21.6. The smallest absolute Gasteiger partial charge is 0.319 e. The predicted molar refractivity (Wildman–Crippen MR) is 122 cm³/mol. The Hall–Kier alpha value is -2.66. The Morgan fingerprint density at radius 1 is 0.968 bits per heavy atom. The van der Waals surface area contributed by atoms with Gasteiger partial charge in [-0.1, -0.05) is 74.5 Å². The number of urea groups is 1. The minimum Gasteiger partial charge on any atom is -0.319 e. The molecule has 0 spiro atoms. The number of carbonyl (C=O) groups excluding carboxylic acids is 2. The summed E-state index contributed by atoms with van der Waals surface area (Å²) in [6.45, 7) is 6.37. The van der Waals surface area contributed by atoms with Crippen LogP contribution in [0.25, 0.3) is 0 Å². The average Bonchev–Trinajstić information content (AvgIpc) is 3.01. The summed E-state index contributed by atoms with van der Waals surface area (Å²) in [5.74, 6) is 0.813. The molecule has 4 rings (SSSR count). The average molecular weight is 420 g/mol. The number of hydrogen-bond acceptors (Lipinski definition) is 3. The molecule has 0 unspecified atom stereocenters. The molecule has 2 heterocycles. The highest BCUT2D eigenvalue weighted by molar-refractivity contribution is 6.07. The molecule has 0 saturated carbocycles. The lowest BCUT2D eigenvalue weighted by Crippen LogP contribution is -2.47. The topological polar surface area (TPSA) is 52.7 Å². The fourth-order valence-electron chi connectivity index (χ4n) is 5.02. The van der Waals surface area contributed by atoms with E-state index in [1.54, 1.807) is 0 Å². The zero-order valence-corrected chi connectivity index (χ0v) is 18.6. The molecule has 2 aliphatic heterocycles. The van der Waals surface area contributed by atoms with Crippen molar-refractivity contribution in [2.75, 3.05) is 19.8 Å². The van der Waals surface area contributed by atoms with Gasteiger partial charge >= 0.3 is 6.03 Å². The van der Waals surface area contributed by atoms with Crippen LogP contribution in [0.3, 0.4) is 0 Å². The summed E-state index contributed by atoms with van der Waals surface area (Å²) in [6, 6.07) is 20.0. The van der Waals surface area contributed by atoms with E-state index < -0.39 is 5.54 Å². The van der Waals surface area contributed by atoms with Gasteiger partial charge in [-0.25, -0.2) is 9.69 Å². The molecule has 164 valence electrons. The van der Waals surface area contributed by atoms with Gasteiger partial charge in [0.15, 0.2) is 0 Å². The Morgan fingerprint density at radius 2 is 1.58 bits per heavy atom. The Labute approximate surface area is 185 Å². The summed E-state index contributed by atoms with van der Waals surface area (Å²) in [7, 11) is 0. The summed E-state index contributed by atoms with van der Waals surface area (Å²) in [6.07, 6.45) is 3.88. The van der Waals surface area contributed by atoms with Crippen molar-refractivity contribution in [3.05, 3.63) is 71.8 Å². The Kier molecular flexibility index (Phi) is 6.42. The zero-order chi connectivity index (χ0) is 21.8. The lowest BCUT2D eigenvalue weighted by Gasteiger charge is -2.34. The second-order valence-electron chi connectivity index (χ2n) is 9.43. The van der Waals surface area contributed by atoms with Crippen LogP contribution >= 0.6 is 0 Å². The van der Waals surface area contributed by atoms with Crippen molar-refractivity contribution >= 4 is 11.9 Å². The molecule has 0 bridgehead atoms. The van der Waals surface area contributed by atoms with E-state index in [1.165, 1.54) is 10.5 Å². The lowest BCUT2D eigenvalue weighted by atomic mass is 9.82. The highest BCUT2D eigenvalue weighted by Gasteiger charge is 2.52. The highest BCUT2D eigenvalue weighted by Crippen LogP contribution is 2.35.